The number of carbonyl (C=O) groups is 2. The van der Waals surface area contributed by atoms with Gasteiger partial charge in [-0.15, -0.1) is 0 Å². The number of ether oxygens (including phenoxy) is 1. The maximum absolute atomic E-state index is 14.5. The van der Waals surface area contributed by atoms with Crippen LogP contribution in [0.15, 0.2) is 30.5 Å². The van der Waals surface area contributed by atoms with Gasteiger partial charge in [0.1, 0.15) is 5.82 Å². The minimum absolute atomic E-state index is 0.0998. The Balaban J connectivity index is 1.35. The average molecular weight is 427 g/mol. The number of nitrogens with zero attached hydrogens (tertiary/aromatic N) is 3. The Hall–Kier alpha value is -3.20. The fourth-order valence-electron chi connectivity index (χ4n) is 3.78. The standard InChI is InChI=1S/C22H26FN5O3/c1-3-24-22(30)16-4-5-19(25-12-16)28-8-6-27(7-9-28)13-15-10-17(23)20-18(11-15)26-21(29)14(2)31-20/h4-5,10-12,14H,3,6-9,13H2,1-2H3,(H,24,30)(H,26,29). The minimum Gasteiger partial charge on any atom is -0.476 e. The van der Waals surface area contributed by atoms with Gasteiger partial charge in [0, 0.05) is 45.5 Å². The molecule has 1 fully saturated rings. The summed E-state index contributed by atoms with van der Waals surface area (Å²) < 4.78 is 19.8. The molecule has 1 aromatic carbocycles. The molecule has 4 rings (SSSR count). The third-order valence-electron chi connectivity index (χ3n) is 5.47. The Morgan fingerprint density at radius 2 is 2.06 bits per heavy atom. The van der Waals surface area contributed by atoms with Gasteiger partial charge < -0.3 is 20.3 Å². The molecule has 0 aliphatic carbocycles. The molecule has 9 heteroatoms. The summed E-state index contributed by atoms with van der Waals surface area (Å²) in [6.07, 6.45) is 0.893. The molecule has 2 aliphatic rings. The maximum Gasteiger partial charge on any atom is 0.265 e. The third kappa shape index (κ3) is 4.61. The molecule has 2 aromatic rings. The SMILES string of the molecule is CCNC(=O)c1ccc(N2CCN(Cc3cc(F)c4c(c3)NC(=O)C(C)O4)CC2)nc1. The number of halogens is 1. The molecule has 1 unspecified atom stereocenters. The lowest BCUT2D eigenvalue weighted by atomic mass is 10.1. The number of aromatic nitrogens is 1. The molecule has 3 heterocycles. The van der Waals surface area contributed by atoms with E-state index in [0.29, 0.717) is 24.3 Å². The van der Waals surface area contributed by atoms with Crippen molar-refractivity contribution in [2.75, 3.05) is 42.9 Å². The van der Waals surface area contributed by atoms with Gasteiger partial charge in [0.2, 0.25) is 0 Å². The summed E-state index contributed by atoms with van der Waals surface area (Å²) in [4.78, 5) is 32.5. The maximum atomic E-state index is 14.5. The summed E-state index contributed by atoms with van der Waals surface area (Å²) in [6, 6.07) is 6.89. The number of amides is 2. The van der Waals surface area contributed by atoms with Crippen LogP contribution in [0, 0.1) is 5.82 Å². The van der Waals surface area contributed by atoms with Crippen LogP contribution in [0.2, 0.25) is 0 Å². The number of pyridine rings is 1. The number of fused-ring (bicyclic) bond motifs is 1. The van der Waals surface area contributed by atoms with Crippen LogP contribution in [0.25, 0.3) is 0 Å². The predicted octanol–water partition coefficient (Wildman–Crippen LogP) is 2.01. The number of piperazine rings is 1. The third-order valence-corrected chi connectivity index (χ3v) is 5.47. The first-order valence-electron chi connectivity index (χ1n) is 10.5. The fraction of sp³-hybridized carbons (Fsp3) is 0.409. The summed E-state index contributed by atoms with van der Waals surface area (Å²) in [7, 11) is 0. The second-order valence-corrected chi connectivity index (χ2v) is 7.73. The molecule has 1 atom stereocenters. The zero-order valence-electron chi connectivity index (χ0n) is 17.7. The van der Waals surface area contributed by atoms with E-state index in [4.69, 9.17) is 4.74 Å². The zero-order valence-corrected chi connectivity index (χ0v) is 17.7. The number of hydrogen-bond acceptors (Lipinski definition) is 6. The fourth-order valence-corrected chi connectivity index (χ4v) is 3.78. The van der Waals surface area contributed by atoms with E-state index in [1.165, 1.54) is 6.07 Å². The molecule has 1 saturated heterocycles. The molecule has 8 nitrogen and oxygen atoms in total. The Kier molecular flexibility index (Phi) is 6.03. The van der Waals surface area contributed by atoms with E-state index in [2.05, 4.69) is 25.4 Å². The van der Waals surface area contributed by atoms with Crippen LogP contribution in [0.4, 0.5) is 15.9 Å². The minimum atomic E-state index is -0.704. The highest BCUT2D eigenvalue weighted by Gasteiger charge is 2.27. The molecule has 2 amide bonds. The molecule has 0 saturated carbocycles. The molecule has 0 radical (unpaired) electrons. The van der Waals surface area contributed by atoms with E-state index in [9.17, 15) is 14.0 Å². The van der Waals surface area contributed by atoms with Crippen LogP contribution in [-0.2, 0) is 11.3 Å². The van der Waals surface area contributed by atoms with Crippen LogP contribution in [-0.4, -0.2) is 60.5 Å². The highest BCUT2D eigenvalue weighted by molar-refractivity contribution is 5.97. The summed E-state index contributed by atoms with van der Waals surface area (Å²) in [5.41, 5.74) is 1.71. The van der Waals surface area contributed by atoms with E-state index in [-0.39, 0.29) is 17.6 Å². The second-order valence-electron chi connectivity index (χ2n) is 7.73. The summed E-state index contributed by atoms with van der Waals surface area (Å²) in [5.74, 6) is 0.0711. The van der Waals surface area contributed by atoms with Gasteiger partial charge in [-0.05, 0) is 43.7 Å². The summed E-state index contributed by atoms with van der Waals surface area (Å²) >= 11 is 0. The van der Waals surface area contributed by atoms with Crippen LogP contribution in [0.1, 0.15) is 29.8 Å². The number of hydrogen-bond donors (Lipinski definition) is 2. The molecule has 1 aromatic heterocycles. The van der Waals surface area contributed by atoms with Crippen molar-refractivity contribution in [1.82, 2.24) is 15.2 Å². The molecule has 0 bridgehead atoms. The lowest BCUT2D eigenvalue weighted by Gasteiger charge is -2.35. The molecule has 31 heavy (non-hydrogen) atoms. The van der Waals surface area contributed by atoms with Gasteiger partial charge in [-0.25, -0.2) is 9.37 Å². The summed E-state index contributed by atoms with van der Waals surface area (Å²) in [6.45, 7) is 7.75. The Bertz CT molecular complexity index is 974. The van der Waals surface area contributed by atoms with Crippen LogP contribution < -0.4 is 20.3 Å². The number of carbonyl (C=O) groups excluding carboxylic acids is 2. The first-order chi connectivity index (χ1) is 14.9. The van der Waals surface area contributed by atoms with Crippen LogP contribution in [0.5, 0.6) is 5.75 Å². The highest BCUT2D eigenvalue weighted by Crippen LogP contribution is 2.34. The van der Waals surface area contributed by atoms with Gasteiger partial charge >= 0.3 is 0 Å². The van der Waals surface area contributed by atoms with Crippen molar-refractivity contribution in [2.45, 2.75) is 26.5 Å². The van der Waals surface area contributed by atoms with Crippen molar-refractivity contribution in [3.05, 3.63) is 47.4 Å². The second kappa shape index (κ2) is 8.89. The van der Waals surface area contributed by atoms with Gasteiger partial charge in [-0.3, -0.25) is 14.5 Å². The van der Waals surface area contributed by atoms with Crippen molar-refractivity contribution in [1.29, 1.82) is 0 Å². The van der Waals surface area contributed by atoms with Gasteiger partial charge in [0.05, 0.1) is 11.3 Å². The lowest BCUT2D eigenvalue weighted by molar-refractivity contribution is -0.122. The smallest absolute Gasteiger partial charge is 0.265 e. The normalized spacial score (nSPS) is 18.7. The first-order valence-corrected chi connectivity index (χ1v) is 10.5. The van der Waals surface area contributed by atoms with Gasteiger partial charge in [0.15, 0.2) is 17.7 Å². The van der Waals surface area contributed by atoms with E-state index in [0.717, 1.165) is 37.6 Å². The Morgan fingerprint density at radius 3 is 2.74 bits per heavy atom. The molecule has 2 aliphatic heterocycles. The largest absolute Gasteiger partial charge is 0.476 e. The Morgan fingerprint density at radius 1 is 1.29 bits per heavy atom. The Labute approximate surface area is 180 Å². The van der Waals surface area contributed by atoms with Gasteiger partial charge in [-0.2, -0.15) is 0 Å². The van der Waals surface area contributed by atoms with E-state index < -0.39 is 11.9 Å². The summed E-state index contributed by atoms with van der Waals surface area (Å²) in [5, 5.41) is 5.47. The molecule has 164 valence electrons. The van der Waals surface area contributed by atoms with Crippen molar-refractivity contribution >= 4 is 23.3 Å². The van der Waals surface area contributed by atoms with Crippen molar-refractivity contribution in [3.8, 4) is 5.75 Å². The predicted molar refractivity (Wildman–Crippen MR) is 115 cm³/mol. The highest BCUT2D eigenvalue weighted by atomic mass is 19.1. The zero-order chi connectivity index (χ0) is 22.0. The van der Waals surface area contributed by atoms with Gasteiger partial charge in [-0.1, -0.05) is 0 Å². The number of rotatable bonds is 5. The number of nitrogens with one attached hydrogen (secondary N) is 2. The molecule has 0 spiro atoms. The van der Waals surface area contributed by atoms with E-state index in [1.807, 2.05) is 13.0 Å². The average Bonchev–Trinajstić information content (AvgIpc) is 2.76. The van der Waals surface area contributed by atoms with Crippen molar-refractivity contribution in [2.24, 2.45) is 0 Å². The van der Waals surface area contributed by atoms with Crippen molar-refractivity contribution in [3.63, 3.8) is 0 Å². The molecule has 2 N–H and O–H groups in total. The van der Waals surface area contributed by atoms with Crippen LogP contribution >= 0.6 is 0 Å². The van der Waals surface area contributed by atoms with Crippen molar-refractivity contribution < 1.29 is 18.7 Å². The van der Waals surface area contributed by atoms with Gasteiger partial charge in [0.25, 0.3) is 11.8 Å². The number of anilines is 2. The quantitative estimate of drug-likeness (QED) is 0.759. The molecular formula is C22H26FN5O3. The van der Waals surface area contributed by atoms with Crippen LogP contribution in [0.3, 0.4) is 0 Å². The first kappa shape index (κ1) is 21.0. The topological polar surface area (TPSA) is 86.8 Å². The van der Waals surface area contributed by atoms with E-state index in [1.54, 1.807) is 25.3 Å². The van der Waals surface area contributed by atoms with E-state index >= 15 is 0 Å². The number of benzene rings is 1. The monoisotopic (exact) mass is 427 g/mol. The molecular weight excluding hydrogens is 401 g/mol. The lowest BCUT2D eigenvalue weighted by Crippen LogP contribution is -2.46.